The molecule has 1 aliphatic heterocycles. The lowest BCUT2D eigenvalue weighted by Crippen LogP contribution is -2.30. The average Bonchev–Trinajstić information content (AvgIpc) is 2.56. The van der Waals surface area contributed by atoms with E-state index in [-0.39, 0.29) is 0 Å². The summed E-state index contributed by atoms with van der Waals surface area (Å²) >= 11 is 0. The van der Waals surface area contributed by atoms with Crippen LogP contribution in [-0.4, -0.2) is 25.7 Å². The highest BCUT2D eigenvalue weighted by atomic mass is 14.9. The van der Waals surface area contributed by atoms with Crippen LogP contribution in [0.5, 0.6) is 0 Å². The van der Waals surface area contributed by atoms with Crippen molar-refractivity contribution >= 4 is 0 Å². The molecule has 0 aromatic rings. The third-order valence-electron chi connectivity index (χ3n) is 3.54. The highest BCUT2D eigenvalue weighted by Gasteiger charge is 2.09. The predicted octanol–water partition coefficient (Wildman–Crippen LogP) is 3.08. The molecule has 2 nitrogen and oxygen atoms in total. The highest BCUT2D eigenvalue weighted by molar-refractivity contribution is 4.72. The molecule has 96 valence electrons. The molecule has 2 heteroatoms. The predicted molar refractivity (Wildman–Crippen MR) is 71.9 cm³/mol. The van der Waals surface area contributed by atoms with Crippen molar-refractivity contribution in [3.63, 3.8) is 0 Å². The van der Waals surface area contributed by atoms with Gasteiger partial charge in [0.2, 0.25) is 0 Å². The lowest BCUT2D eigenvalue weighted by molar-refractivity contribution is 0.455. The van der Waals surface area contributed by atoms with E-state index in [1.54, 1.807) is 0 Å². The zero-order chi connectivity index (χ0) is 11.5. The molecule has 2 N–H and O–H groups in total. The van der Waals surface area contributed by atoms with Gasteiger partial charge in [-0.1, -0.05) is 39.0 Å². The lowest BCUT2D eigenvalue weighted by Gasteiger charge is -2.15. The molecule has 1 saturated heterocycles. The standard InChI is InChI=1S/C14H30N2/c1-2-3-4-5-6-7-12-16-14-9-8-11-15-13-10-14/h14-16H,2-13H2,1H3. The zero-order valence-electron chi connectivity index (χ0n) is 11.1. The molecule has 1 fully saturated rings. The third-order valence-corrected chi connectivity index (χ3v) is 3.54. The van der Waals surface area contributed by atoms with E-state index in [1.165, 1.54) is 77.4 Å². The Morgan fingerprint density at radius 2 is 1.81 bits per heavy atom. The summed E-state index contributed by atoms with van der Waals surface area (Å²) in [5, 5.41) is 7.17. The second-order valence-corrected chi connectivity index (χ2v) is 5.10. The van der Waals surface area contributed by atoms with Gasteiger partial charge in [0, 0.05) is 6.04 Å². The minimum atomic E-state index is 0.783. The molecule has 1 heterocycles. The van der Waals surface area contributed by atoms with Crippen molar-refractivity contribution in [3.05, 3.63) is 0 Å². The Kier molecular flexibility index (Phi) is 8.83. The molecule has 1 aliphatic rings. The van der Waals surface area contributed by atoms with E-state index >= 15 is 0 Å². The van der Waals surface area contributed by atoms with Crippen LogP contribution in [0.3, 0.4) is 0 Å². The van der Waals surface area contributed by atoms with Crippen LogP contribution in [0.15, 0.2) is 0 Å². The van der Waals surface area contributed by atoms with Crippen LogP contribution in [0.4, 0.5) is 0 Å². The van der Waals surface area contributed by atoms with Crippen LogP contribution in [0, 0.1) is 0 Å². The first kappa shape index (κ1) is 14.0. The minimum absolute atomic E-state index is 0.783. The fourth-order valence-electron chi connectivity index (χ4n) is 2.43. The van der Waals surface area contributed by atoms with Gasteiger partial charge in [0.05, 0.1) is 0 Å². The van der Waals surface area contributed by atoms with Crippen molar-refractivity contribution < 1.29 is 0 Å². The van der Waals surface area contributed by atoms with E-state index in [4.69, 9.17) is 0 Å². The molecule has 0 amide bonds. The first-order valence-electron chi connectivity index (χ1n) is 7.37. The smallest absolute Gasteiger partial charge is 0.00796 e. The SMILES string of the molecule is CCCCCCCCNC1CCCNCC1. The van der Waals surface area contributed by atoms with Crippen molar-refractivity contribution in [2.45, 2.75) is 70.8 Å². The van der Waals surface area contributed by atoms with Gasteiger partial charge < -0.3 is 10.6 Å². The fourth-order valence-corrected chi connectivity index (χ4v) is 2.43. The van der Waals surface area contributed by atoms with Crippen LogP contribution in [0.25, 0.3) is 0 Å². The Balaban J connectivity index is 1.86. The molecular weight excluding hydrogens is 196 g/mol. The van der Waals surface area contributed by atoms with Gasteiger partial charge in [0.1, 0.15) is 0 Å². The first-order chi connectivity index (χ1) is 7.93. The molecule has 0 aromatic carbocycles. The summed E-state index contributed by atoms with van der Waals surface area (Å²) in [6, 6.07) is 0.783. The Morgan fingerprint density at radius 3 is 2.69 bits per heavy atom. The van der Waals surface area contributed by atoms with E-state index < -0.39 is 0 Å². The van der Waals surface area contributed by atoms with Gasteiger partial charge >= 0.3 is 0 Å². The topological polar surface area (TPSA) is 24.1 Å². The average molecular weight is 226 g/mol. The van der Waals surface area contributed by atoms with Crippen LogP contribution in [0.2, 0.25) is 0 Å². The summed E-state index contributed by atoms with van der Waals surface area (Å²) in [5.74, 6) is 0. The van der Waals surface area contributed by atoms with E-state index in [0.29, 0.717) is 0 Å². The molecule has 0 spiro atoms. The maximum atomic E-state index is 3.71. The van der Waals surface area contributed by atoms with E-state index in [9.17, 15) is 0 Å². The lowest BCUT2D eigenvalue weighted by atomic mass is 10.1. The third kappa shape index (κ3) is 7.24. The van der Waals surface area contributed by atoms with Gasteiger partial charge in [-0.3, -0.25) is 0 Å². The number of nitrogens with one attached hydrogen (secondary N) is 2. The Labute approximate surface area is 102 Å². The number of hydrogen-bond acceptors (Lipinski definition) is 2. The molecule has 0 saturated carbocycles. The fraction of sp³-hybridized carbons (Fsp3) is 1.00. The maximum absolute atomic E-state index is 3.71. The van der Waals surface area contributed by atoms with Gasteiger partial charge in [-0.15, -0.1) is 0 Å². The van der Waals surface area contributed by atoms with Crippen LogP contribution in [0.1, 0.15) is 64.7 Å². The molecule has 16 heavy (non-hydrogen) atoms. The van der Waals surface area contributed by atoms with Crippen molar-refractivity contribution in [1.29, 1.82) is 0 Å². The quantitative estimate of drug-likeness (QED) is 0.622. The van der Waals surface area contributed by atoms with E-state index in [2.05, 4.69) is 17.6 Å². The van der Waals surface area contributed by atoms with Crippen molar-refractivity contribution in [2.24, 2.45) is 0 Å². The maximum Gasteiger partial charge on any atom is 0.00796 e. The Bertz CT molecular complexity index is 140. The Morgan fingerprint density at radius 1 is 1.00 bits per heavy atom. The van der Waals surface area contributed by atoms with Crippen LogP contribution < -0.4 is 10.6 Å². The summed E-state index contributed by atoms with van der Waals surface area (Å²) in [6.45, 7) is 5.93. The molecular formula is C14H30N2. The molecule has 1 atom stereocenters. The minimum Gasteiger partial charge on any atom is -0.317 e. The van der Waals surface area contributed by atoms with E-state index in [0.717, 1.165) is 6.04 Å². The normalized spacial score (nSPS) is 21.9. The summed E-state index contributed by atoms with van der Waals surface area (Å²) in [7, 11) is 0. The number of rotatable bonds is 8. The monoisotopic (exact) mass is 226 g/mol. The van der Waals surface area contributed by atoms with Crippen LogP contribution >= 0.6 is 0 Å². The molecule has 0 radical (unpaired) electrons. The molecule has 0 aliphatic carbocycles. The summed E-state index contributed by atoms with van der Waals surface area (Å²) in [4.78, 5) is 0. The number of hydrogen-bond donors (Lipinski definition) is 2. The van der Waals surface area contributed by atoms with Crippen molar-refractivity contribution in [1.82, 2.24) is 10.6 Å². The second-order valence-electron chi connectivity index (χ2n) is 5.10. The van der Waals surface area contributed by atoms with Crippen molar-refractivity contribution in [3.8, 4) is 0 Å². The first-order valence-corrected chi connectivity index (χ1v) is 7.37. The molecule has 0 aromatic heterocycles. The largest absolute Gasteiger partial charge is 0.317 e. The second kappa shape index (κ2) is 10.1. The zero-order valence-corrected chi connectivity index (χ0v) is 11.1. The van der Waals surface area contributed by atoms with E-state index in [1.807, 2.05) is 0 Å². The molecule has 0 bridgehead atoms. The van der Waals surface area contributed by atoms with Gasteiger partial charge in [-0.25, -0.2) is 0 Å². The number of unbranched alkanes of at least 4 members (excludes halogenated alkanes) is 5. The Hall–Kier alpha value is -0.0800. The van der Waals surface area contributed by atoms with Gasteiger partial charge in [0.15, 0.2) is 0 Å². The van der Waals surface area contributed by atoms with Gasteiger partial charge in [-0.2, -0.15) is 0 Å². The van der Waals surface area contributed by atoms with Gasteiger partial charge in [0.25, 0.3) is 0 Å². The summed E-state index contributed by atoms with van der Waals surface area (Å²) in [6.07, 6.45) is 12.4. The summed E-state index contributed by atoms with van der Waals surface area (Å²) < 4.78 is 0. The molecule has 1 unspecified atom stereocenters. The summed E-state index contributed by atoms with van der Waals surface area (Å²) in [5.41, 5.74) is 0. The molecule has 1 rings (SSSR count). The van der Waals surface area contributed by atoms with Crippen LogP contribution in [-0.2, 0) is 0 Å². The van der Waals surface area contributed by atoms with Crippen molar-refractivity contribution in [2.75, 3.05) is 19.6 Å². The highest BCUT2D eigenvalue weighted by Crippen LogP contribution is 2.07. The van der Waals surface area contributed by atoms with Gasteiger partial charge in [-0.05, 0) is 45.3 Å².